The number of hydrogen-bond acceptors (Lipinski definition) is 6. The molecule has 1 atom stereocenters. The average molecular weight is 299 g/mol. The lowest BCUT2D eigenvalue weighted by Crippen LogP contribution is -2.30. The minimum atomic E-state index is 0. The van der Waals surface area contributed by atoms with Gasteiger partial charge in [0.15, 0.2) is 0 Å². The van der Waals surface area contributed by atoms with Crippen LogP contribution in [0.5, 0.6) is 0 Å². The van der Waals surface area contributed by atoms with Gasteiger partial charge in [-0.3, -0.25) is 0 Å². The largest absolute Gasteiger partial charge is 0.370 e. The van der Waals surface area contributed by atoms with E-state index in [-0.39, 0.29) is 12.4 Å². The smallest absolute Gasteiger partial charge is 0.223 e. The summed E-state index contributed by atoms with van der Waals surface area (Å²) < 4.78 is 0. The molecule has 0 amide bonds. The molecular weight excluding hydrogens is 276 g/mol. The minimum Gasteiger partial charge on any atom is -0.370 e. The molecule has 112 valence electrons. The summed E-state index contributed by atoms with van der Waals surface area (Å²) in [6, 6.07) is 2.55. The van der Waals surface area contributed by atoms with Gasteiger partial charge < -0.3 is 21.3 Å². The summed E-state index contributed by atoms with van der Waals surface area (Å²) in [4.78, 5) is 10.9. The van der Waals surface area contributed by atoms with E-state index in [0.29, 0.717) is 12.0 Å². The second-order valence-corrected chi connectivity index (χ2v) is 5.51. The van der Waals surface area contributed by atoms with Crippen LogP contribution >= 0.6 is 12.4 Å². The van der Waals surface area contributed by atoms with Gasteiger partial charge in [0.25, 0.3) is 0 Å². The minimum absolute atomic E-state index is 0. The molecule has 0 unspecified atom stereocenters. The Morgan fingerprint density at radius 2 is 2.15 bits per heavy atom. The normalized spacial score (nSPS) is 21.6. The number of nitrogens with zero attached hydrogens (tertiary/aromatic N) is 3. The van der Waals surface area contributed by atoms with E-state index in [4.69, 9.17) is 5.73 Å². The fraction of sp³-hybridized carbons (Fsp3) is 0.692. The Morgan fingerprint density at radius 3 is 2.80 bits per heavy atom. The Labute approximate surface area is 125 Å². The van der Waals surface area contributed by atoms with E-state index in [0.717, 1.165) is 43.6 Å². The molecule has 1 saturated carbocycles. The molecule has 1 aromatic rings. The Morgan fingerprint density at radius 1 is 1.35 bits per heavy atom. The van der Waals surface area contributed by atoms with Crippen molar-refractivity contribution in [3.05, 3.63) is 6.07 Å². The third-order valence-electron chi connectivity index (χ3n) is 3.92. The third-order valence-corrected chi connectivity index (χ3v) is 3.92. The van der Waals surface area contributed by atoms with Crippen LogP contribution in [0.4, 0.5) is 17.6 Å². The molecule has 20 heavy (non-hydrogen) atoms. The van der Waals surface area contributed by atoms with Crippen molar-refractivity contribution in [1.82, 2.24) is 15.3 Å². The molecule has 1 aliphatic heterocycles. The summed E-state index contributed by atoms with van der Waals surface area (Å²) in [7, 11) is 2.01. The van der Waals surface area contributed by atoms with Crippen LogP contribution in [0, 0.1) is 5.92 Å². The molecule has 1 aromatic heterocycles. The molecule has 0 bridgehead atoms. The fourth-order valence-corrected chi connectivity index (χ4v) is 2.48. The van der Waals surface area contributed by atoms with Crippen molar-refractivity contribution in [3.63, 3.8) is 0 Å². The van der Waals surface area contributed by atoms with Gasteiger partial charge in [0.2, 0.25) is 5.95 Å². The number of nitrogens with one attached hydrogen (secondary N) is 2. The predicted molar refractivity (Wildman–Crippen MR) is 84.6 cm³/mol. The summed E-state index contributed by atoms with van der Waals surface area (Å²) in [5, 5.41) is 6.67. The predicted octanol–water partition coefficient (Wildman–Crippen LogP) is 1.10. The van der Waals surface area contributed by atoms with Crippen LogP contribution in [0.3, 0.4) is 0 Å². The summed E-state index contributed by atoms with van der Waals surface area (Å²) in [5.41, 5.74) is 5.81. The Balaban J connectivity index is 0.00000147. The van der Waals surface area contributed by atoms with Gasteiger partial charge in [-0.2, -0.15) is 9.97 Å². The van der Waals surface area contributed by atoms with Crippen LogP contribution in [0.15, 0.2) is 6.07 Å². The van der Waals surface area contributed by atoms with Gasteiger partial charge in [0.1, 0.15) is 11.6 Å². The number of anilines is 3. The lowest BCUT2D eigenvalue weighted by Gasteiger charge is -2.18. The second-order valence-electron chi connectivity index (χ2n) is 5.51. The van der Waals surface area contributed by atoms with E-state index in [9.17, 15) is 0 Å². The first-order valence-corrected chi connectivity index (χ1v) is 7.05. The highest BCUT2D eigenvalue weighted by Crippen LogP contribution is 2.29. The molecular formula is C13H23ClN6. The highest BCUT2D eigenvalue weighted by Gasteiger charge is 2.24. The van der Waals surface area contributed by atoms with Crippen LogP contribution in [0.2, 0.25) is 0 Å². The van der Waals surface area contributed by atoms with E-state index in [1.54, 1.807) is 0 Å². The third kappa shape index (κ3) is 3.64. The molecule has 0 radical (unpaired) electrons. The Bertz CT molecular complexity index is 450. The first-order valence-electron chi connectivity index (χ1n) is 7.05. The first kappa shape index (κ1) is 15.1. The topological polar surface area (TPSA) is 79.1 Å². The van der Waals surface area contributed by atoms with Crippen molar-refractivity contribution in [2.24, 2.45) is 5.92 Å². The molecule has 6 nitrogen and oxygen atoms in total. The number of aromatic nitrogens is 2. The van der Waals surface area contributed by atoms with Gasteiger partial charge in [-0.25, -0.2) is 0 Å². The highest BCUT2D eigenvalue weighted by atomic mass is 35.5. The van der Waals surface area contributed by atoms with E-state index in [1.165, 1.54) is 12.8 Å². The maximum atomic E-state index is 5.81. The molecule has 0 spiro atoms. The van der Waals surface area contributed by atoms with Gasteiger partial charge in [-0.1, -0.05) is 0 Å². The van der Waals surface area contributed by atoms with E-state index in [1.807, 2.05) is 13.1 Å². The monoisotopic (exact) mass is 298 g/mol. The summed E-state index contributed by atoms with van der Waals surface area (Å²) >= 11 is 0. The number of nitrogen functional groups attached to an aromatic ring is 1. The van der Waals surface area contributed by atoms with Crippen LogP contribution in [0.25, 0.3) is 0 Å². The number of nitrogens with two attached hydrogens (primary N) is 1. The molecule has 2 aliphatic rings. The van der Waals surface area contributed by atoms with Gasteiger partial charge in [-0.05, 0) is 32.2 Å². The van der Waals surface area contributed by atoms with Gasteiger partial charge >= 0.3 is 0 Å². The molecule has 0 aromatic carbocycles. The zero-order valence-corrected chi connectivity index (χ0v) is 12.6. The molecule has 1 aliphatic carbocycles. The van der Waals surface area contributed by atoms with Crippen molar-refractivity contribution in [2.75, 3.05) is 42.6 Å². The fourth-order valence-electron chi connectivity index (χ4n) is 2.48. The maximum absolute atomic E-state index is 5.81. The molecule has 3 rings (SSSR count). The Hall–Kier alpha value is -1.27. The van der Waals surface area contributed by atoms with Crippen molar-refractivity contribution in [3.8, 4) is 0 Å². The van der Waals surface area contributed by atoms with Crippen LogP contribution < -0.4 is 21.3 Å². The molecule has 4 N–H and O–H groups in total. The zero-order chi connectivity index (χ0) is 13.2. The second kappa shape index (κ2) is 6.45. The average Bonchev–Trinajstić information content (AvgIpc) is 3.11. The SMILES string of the molecule is CN[C@@H]1CCN(c2cc(NCC3CC3)nc(N)n2)C1.Cl. The molecule has 7 heteroatoms. The number of halogens is 1. The van der Waals surface area contributed by atoms with Gasteiger partial charge in [-0.15, -0.1) is 12.4 Å². The lowest BCUT2D eigenvalue weighted by molar-refractivity contribution is 0.616. The quantitative estimate of drug-likeness (QED) is 0.755. The zero-order valence-electron chi connectivity index (χ0n) is 11.8. The van der Waals surface area contributed by atoms with Crippen molar-refractivity contribution < 1.29 is 0 Å². The van der Waals surface area contributed by atoms with Crippen molar-refractivity contribution in [1.29, 1.82) is 0 Å². The van der Waals surface area contributed by atoms with Crippen LogP contribution in [0.1, 0.15) is 19.3 Å². The van der Waals surface area contributed by atoms with E-state index >= 15 is 0 Å². The number of likely N-dealkylation sites (N-methyl/N-ethyl adjacent to an activating group) is 1. The summed E-state index contributed by atoms with van der Waals surface area (Å²) in [5.74, 6) is 2.95. The Kier molecular flexibility index (Phi) is 4.88. The number of hydrogen-bond donors (Lipinski definition) is 3. The van der Waals surface area contributed by atoms with Gasteiger partial charge in [0.05, 0.1) is 0 Å². The molecule has 2 heterocycles. The maximum Gasteiger partial charge on any atom is 0.223 e. The van der Waals surface area contributed by atoms with Crippen LogP contribution in [-0.2, 0) is 0 Å². The standard InChI is InChI=1S/C13H22N6.ClH/c1-15-10-4-5-19(8-10)12-6-11(17-13(14)18-12)16-7-9-2-3-9;/h6,9-10,15H,2-5,7-8H2,1H3,(H3,14,16,17,18);1H/t10-;/m1./s1. The van der Waals surface area contributed by atoms with Crippen molar-refractivity contribution in [2.45, 2.75) is 25.3 Å². The molecule has 1 saturated heterocycles. The number of rotatable bonds is 5. The first-order chi connectivity index (χ1) is 9.24. The lowest BCUT2D eigenvalue weighted by atomic mass is 10.3. The molecule has 2 fully saturated rings. The van der Waals surface area contributed by atoms with Crippen LogP contribution in [-0.4, -0.2) is 42.7 Å². The van der Waals surface area contributed by atoms with E-state index < -0.39 is 0 Å². The summed E-state index contributed by atoms with van der Waals surface area (Å²) in [6.45, 7) is 2.99. The highest BCUT2D eigenvalue weighted by molar-refractivity contribution is 5.85. The van der Waals surface area contributed by atoms with Crippen molar-refractivity contribution >= 4 is 30.0 Å². The van der Waals surface area contributed by atoms with Gasteiger partial charge in [0, 0.05) is 31.7 Å². The van der Waals surface area contributed by atoms with E-state index in [2.05, 4.69) is 25.5 Å². The summed E-state index contributed by atoms with van der Waals surface area (Å²) in [6.07, 6.45) is 3.80.